The van der Waals surface area contributed by atoms with Gasteiger partial charge in [0.05, 0.1) is 0 Å². The van der Waals surface area contributed by atoms with Crippen LogP contribution >= 0.6 is 0 Å². The van der Waals surface area contributed by atoms with Crippen LogP contribution in [-0.4, -0.2) is 0 Å². The molecule has 0 amide bonds. The molecule has 0 aliphatic carbocycles. The summed E-state index contributed by atoms with van der Waals surface area (Å²) in [7, 11) is 0. The Hall–Kier alpha value is -1.54. The Morgan fingerprint density at radius 2 is 1.71 bits per heavy atom. The number of furan rings is 1. The molecule has 1 N–H and O–H groups in total. The summed E-state index contributed by atoms with van der Waals surface area (Å²) in [6, 6.07) is 13.5. The fraction of sp³-hybridized carbons (Fsp3) is 0.474. The van der Waals surface area contributed by atoms with E-state index in [9.17, 15) is 0 Å². The lowest BCUT2D eigenvalue weighted by molar-refractivity contribution is 0.390. The molecule has 2 rings (SSSR count). The van der Waals surface area contributed by atoms with Crippen LogP contribution in [0.1, 0.15) is 61.9 Å². The zero-order valence-electron chi connectivity index (χ0n) is 13.8. The Morgan fingerprint density at radius 3 is 2.24 bits per heavy atom. The van der Waals surface area contributed by atoms with Gasteiger partial charge in [-0.1, -0.05) is 44.2 Å². The summed E-state index contributed by atoms with van der Waals surface area (Å²) in [4.78, 5) is 0. The van der Waals surface area contributed by atoms with E-state index in [1.54, 1.807) is 0 Å². The van der Waals surface area contributed by atoms with Crippen molar-refractivity contribution in [1.82, 2.24) is 5.32 Å². The van der Waals surface area contributed by atoms with Crippen molar-refractivity contribution in [3.63, 3.8) is 0 Å². The second kappa shape index (κ2) is 6.95. The lowest BCUT2D eigenvalue weighted by Crippen LogP contribution is -2.26. The molecule has 0 radical (unpaired) electrons. The summed E-state index contributed by atoms with van der Waals surface area (Å²) in [5.41, 5.74) is 2.62. The Labute approximate surface area is 128 Å². The van der Waals surface area contributed by atoms with E-state index in [1.807, 2.05) is 13.8 Å². The van der Waals surface area contributed by atoms with E-state index in [4.69, 9.17) is 4.42 Å². The average Bonchev–Trinajstić information content (AvgIpc) is 2.77. The highest BCUT2D eigenvalue weighted by Crippen LogP contribution is 2.27. The predicted octanol–water partition coefficient (Wildman–Crippen LogP) is 5.33. The monoisotopic (exact) mass is 285 g/mol. The predicted molar refractivity (Wildman–Crippen MR) is 88.4 cm³/mol. The fourth-order valence-corrected chi connectivity index (χ4v) is 2.93. The third-order valence-corrected chi connectivity index (χ3v) is 3.91. The number of hydrogen-bond acceptors (Lipinski definition) is 2. The van der Waals surface area contributed by atoms with Gasteiger partial charge in [-0.15, -0.1) is 0 Å². The van der Waals surface area contributed by atoms with Gasteiger partial charge >= 0.3 is 0 Å². The first-order valence-electron chi connectivity index (χ1n) is 7.85. The number of hydrogen-bond donors (Lipinski definition) is 1. The Morgan fingerprint density at radius 1 is 1.05 bits per heavy atom. The minimum atomic E-state index is 0.284. The molecule has 114 valence electrons. The minimum Gasteiger partial charge on any atom is -0.466 e. The third kappa shape index (κ3) is 4.21. The van der Waals surface area contributed by atoms with Crippen molar-refractivity contribution < 1.29 is 4.42 Å². The summed E-state index contributed by atoms with van der Waals surface area (Å²) < 4.78 is 5.66. The van der Waals surface area contributed by atoms with Gasteiger partial charge in [-0.3, -0.25) is 0 Å². The first-order chi connectivity index (χ1) is 9.97. The summed E-state index contributed by atoms with van der Waals surface area (Å²) >= 11 is 0. The van der Waals surface area contributed by atoms with Crippen molar-refractivity contribution in [2.45, 2.75) is 53.1 Å². The fourth-order valence-electron chi connectivity index (χ4n) is 2.93. The van der Waals surface area contributed by atoms with Gasteiger partial charge in [0.25, 0.3) is 0 Å². The molecule has 0 fully saturated rings. The van der Waals surface area contributed by atoms with Gasteiger partial charge in [0.1, 0.15) is 11.5 Å². The van der Waals surface area contributed by atoms with Crippen LogP contribution in [0.3, 0.4) is 0 Å². The molecule has 2 atom stereocenters. The van der Waals surface area contributed by atoms with E-state index >= 15 is 0 Å². The van der Waals surface area contributed by atoms with Gasteiger partial charge in [-0.05, 0) is 44.7 Å². The molecule has 2 unspecified atom stereocenters. The van der Waals surface area contributed by atoms with Gasteiger partial charge in [0.15, 0.2) is 0 Å². The van der Waals surface area contributed by atoms with Crippen molar-refractivity contribution in [2.24, 2.45) is 5.92 Å². The van der Waals surface area contributed by atoms with Crippen LogP contribution < -0.4 is 5.32 Å². The van der Waals surface area contributed by atoms with Crippen LogP contribution in [0.2, 0.25) is 0 Å². The maximum absolute atomic E-state index is 5.66. The molecule has 0 spiro atoms. The molecule has 0 aliphatic heterocycles. The molecule has 2 heteroatoms. The molecule has 0 aliphatic rings. The second-order valence-corrected chi connectivity index (χ2v) is 6.35. The molecule has 2 aromatic rings. The molecule has 1 heterocycles. The molecule has 1 aromatic carbocycles. The minimum absolute atomic E-state index is 0.284. The van der Waals surface area contributed by atoms with E-state index in [2.05, 4.69) is 62.5 Å². The maximum Gasteiger partial charge on any atom is 0.105 e. The lowest BCUT2D eigenvalue weighted by Gasteiger charge is -2.25. The molecule has 0 saturated carbocycles. The summed E-state index contributed by atoms with van der Waals surface area (Å²) in [5.74, 6) is 2.65. The van der Waals surface area contributed by atoms with E-state index in [1.165, 1.54) is 11.1 Å². The highest BCUT2D eigenvalue weighted by molar-refractivity contribution is 5.25. The molecular formula is C19H27NO. The van der Waals surface area contributed by atoms with Crippen LogP contribution in [0.25, 0.3) is 0 Å². The Balaban J connectivity index is 2.17. The van der Waals surface area contributed by atoms with E-state index in [0.717, 1.165) is 17.9 Å². The molecule has 1 aromatic heterocycles. The summed E-state index contributed by atoms with van der Waals surface area (Å²) in [6.07, 6.45) is 1.13. The molecule has 0 saturated heterocycles. The highest BCUT2D eigenvalue weighted by Gasteiger charge is 2.19. The van der Waals surface area contributed by atoms with Crippen LogP contribution in [0.15, 0.2) is 40.8 Å². The van der Waals surface area contributed by atoms with Crippen LogP contribution in [0.4, 0.5) is 0 Å². The molecular weight excluding hydrogens is 258 g/mol. The molecule has 0 bridgehead atoms. The van der Waals surface area contributed by atoms with Crippen molar-refractivity contribution in [2.75, 3.05) is 0 Å². The largest absolute Gasteiger partial charge is 0.466 e. The van der Waals surface area contributed by atoms with Gasteiger partial charge in [-0.2, -0.15) is 0 Å². The topological polar surface area (TPSA) is 25.2 Å². The SMILES string of the molecule is Cc1cc(C(C)NC(CC(C)C)c2ccccc2)c(C)o1. The number of rotatable bonds is 6. The van der Waals surface area contributed by atoms with Crippen molar-refractivity contribution in [1.29, 1.82) is 0 Å². The van der Waals surface area contributed by atoms with E-state index in [0.29, 0.717) is 12.0 Å². The maximum atomic E-state index is 5.66. The van der Waals surface area contributed by atoms with E-state index < -0.39 is 0 Å². The first kappa shape index (κ1) is 15.8. The number of benzene rings is 1. The quantitative estimate of drug-likeness (QED) is 0.775. The third-order valence-electron chi connectivity index (χ3n) is 3.91. The van der Waals surface area contributed by atoms with Gasteiger partial charge < -0.3 is 9.73 Å². The summed E-state index contributed by atoms with van der Waals surface area (Å²) in [5, 5.41) is 3.78. The van der Waals surface area contributed by atoms with Crippen molar-refractivity contribution in [3.8, 4) is 0 Å². The second-order valence-electron chi connectivity index (χ2n) is 6.35. The zero-order chi connectivity index (χ0) is 15.4. The van der Waals surface area contributed by atoms with Crippen molar-refractivity contribution in [3.05, 3.63) is 59.0 Å². The normalized spacial score (nSPS) is 14.4. The van der Waals surface area contributed by atoms with Crippen molar-refractivity contribution >= 4 is 0 Å². The van der Waals surface area contributed by atoms with E-state index in [-0.39, 0.29) is 6.04 Å². The Bertz CT molecular complexity index is 556. The zero-order valence-corrected chi connectivity index (χ0v) is 13.8. The first-order valence-corrected chi connectivity index (χ1v) is 7.85. The lowest BCUT2D eigenvalue weighted by atomic mass is 9.95. The smallest absolute Gasteiger partial charge is 0.105 e. The molecule has 2 nitrogen and oxygen atoms in total. The van der Waals surface area contributed by atoms with Gasteiger partial charge in [0, 0.05) is 17.6 Å². The number of nitrogens with one attached hydrogen (secondary N) is 1. The number of aryl methyl sites for hydroxylation is 2. The van der Waals surface area contributed by atoms with Crippen LogP contribution in [0.5, 0.6) is 0 Å². The highest BCUT2D eigenvalue weighted by atomic mass is 16.3. The summed E-state index contributed by atoms with van der Waals surface area (Å²) in [6.45, 7) is 10.8. The average molecular weight is 285 g/mol. The van der Waals surface area contributed by atoms with Crippen LogP contribution in [0, 0.1) is 19.8 Å². The van der Waals surface area contributed by atoms with Gasteiger partial charge in [-0.25, -0.2) is 0 Å². The Kier molecular flexibility index (Phi) is 5.24. The standard InChI is InChI=1S/C19H27NO/c1-13(2)11-19(17-9-7-6-8-10-17)20-15(4)18-12-14(3)21-16(18)5/h6-10,12-13,15,19-20H,11H2,1-5H3. The van der Waals surface area contributed by atoms with Gasteiger partial charge in [0.2, 0.25) is 0 Å². The molecule has 21 heavy (non-hydrogen) atoms. The van der Waals surface area contributed by atoms with Crippen LogP contribution in [-0.2, 0) is 0 Å².